The van der Waals surface area contributed by atoms with Crippen LogP contribution in [0.25, 0.3) is 0 Å². The zero-order chi connectivity index (χ0) is 14.5. The average molecular weight is 279 g/mol. The van der Waals surface area contributed by atoms with Crippen LogP contribution < -0.4 is 0 Å². The lowest BCUT2D eigenvalue weighted by atomic mass is 10.3. The van der Waals surface area contributed by atoms with E-state index in [1.165, 1.54) is 19.2 Å². The van der Waals surface area contributed by atoms with Gasteiger partial charge < -0.3 is 9.80 Å². The number of alkyl halides is 3. The van der Waals surface area contributed by atoms with Gasteiger partial charge in [0.25, 0.3) is 0 Å². The van der Waals surface area contributed by atoms with Crippen LogP contribution in [0, 0.1) is 0 Å². The smallest absolute Gasteiger partial charge is 0.337 e. The number of halogens is 3. The summed E-state index contributed by atoms with van der Waals surface area (Å²) in [7, 11) is 3.36. The lowest BCUT2D eigenvalue weighted by Gasteiger charge is -2.31. The van der Waals surface area contributed by atoms with Gasteiger partial charge in [0.2, 0.25) is 5.91 Å². The third-order valence-electron chi connectivity index (χ3n) is 2.94. The lowest BCUT2D eigenvalue weighted by molar-refractivity contribution is -0.141. The minimum atomic E-state index is -4.20. The molecule has 1 heterocycles. The Kier molecular flexibility index (Phi) is 5.81. The monoisotopic (exact) mass is 279 g/mol. The number of carbonyl (C=O) groups excluding carboxylic acids is 1. The average Bonchev–Trinajstić information content (AvgIpc) is 2.27. The van der Waals surface area contributed by atoms with Gasteiger partial charge in [-0.05, 0) is 14.1 Å². The molecule has 1 fully saturated rings. The maximum atomic E-state index is 12.1. The van der Waals surface area contributed by atoms with Gasteiger partial charge in [0.05, 0.1) is 6.54 Å². The molecule has 7 heteroatoms. The summed E-state index contributed by atoms with van der Waals surface area (Å²) in [6.45, 7) is 2.12. The summed E-state index contributed by atoms with van der Waals surface area (Å²) in [6, 6.07) is 0. The molecule has 0 N–H and O–H groups in total. The Balaban J connectivity index is 2.30. The van der Waals surface area contributed by atoms with Crippen LogP contribution in [0.3, 0.4) is 0 Å². The molecule has 1 aliphatic heterocycles. The number of rotatable bonds is 4. The molecule has 0 radical (unpaired) electrons. The third kappa shape index (κ3) is 6.58. The summed E-state index contributed by atoms with van der Waals surface area (Å²) in [5.74, 6) is -0.131. The van der Waals surface area contributed by atoms with E-state index >= 15 is 0 Å². The predicted molar refractivity (Wildman–Crippen MR) is 66.8 cm³/mol. The van der Waals surface area contributed by atoms with Gasteiger partial charge in [-0.15, -0.1) is 0 Å². The highest BCUT2D eigenvalue weighted by molar-refractivity contribution is 5.87. The number of piperazine rings is 1. The first-order valence-corrected chi connectivity index (χ1v) is 6.17. The molecule has 0 bridgehead atoms. The molecule has 0 aliphatic carbocycles. The van der Waals surface area contributed by atoms with Crippen LogP contribution in [0.15, 0.2) is 12.2 Å². The largest absolute Gasteiger partial charge is 0.401 e. The van der Waals surface area contributed by atoms with Crippen molar-refractivity contribution in [3.05, 3.63) is 12.2 Å². The van der Waals surface area contributed by atoms with Gasteiger partial charge in [-0.1, -0.05) is 6.08 Å². The summed E-state index contributed by atoms with van der Waals surface area (Å²) in [5.41, 5.74) is 0. The molecule has 4 nitrogen and oxygen atoms in total. The first-order chi connectivity index (χ1) is 8.78. The van der Waals surface area contributed by atoms with Gasteiger partial charge in [0.1, 0.15) is 0 Å². The highest BCUT2D eigenvalue weighted by Gasteiger charge is 2.28. The molecule has 0 aromatic heterocycles. The molecule has 0 aromatic rings. The molecule has 1 rings (SSSR count). The second-order valence-corrected chi connectivity index (χ2v) is 4.84. The number of amides is 1. The van der Waals surface area contributed by atoms with Crippen LogP contribution in [0.4, 0.5) is 13.2 Å². The molecule has 0 unspecified atom stereocenters. The van der Waals surface area contributed by atoms with Crippen molar-refractivity contribution in [1.82, 2.24) is 14.7 Å². The van der Waals surface area contributed by atoms with Gasteiger partial charge >= 0.3 is 6.18 Å². The van der Waals surface area contributed by atoms with Gasteiger partial charge in [-0.25, -0.2) is 0 Å². The van der Waals surface area contributed by atoms with Crippen molar-refractivity contribution in [2.75, 3.05) is 53.4 Å². The van der Waals surface area contributed by atoms with Crippen molar-refractivity contribution in [3.8, 4) is 0 Å². The van der Waals surface area contributed by atoms with Crippen LogP contribution in [0.5, 0.6) is 0 Å². The highest BCUT2D eigenvalue weighted by atomic mass is 19.4. The summed E-state index contributed by atoms with van der Waals surface area (Å²) in [6.07, 6.45) is -1.37. The first kappa shape index (κ1) is 16.0. The maximum absolute atomic E-state index is 12.1. The van der Waals surface area contributed by atoms with Crippen LogP contribution in [0.2, 0.25) is 0 Å². The van der Waals surface area contributed by atoms with E-state index in [-0.39, 0.29) is 12.5 Å². The van der Waals surface area contributed by atoms with Crippen molar-refractivity contribution in [2.45, 2.75) is 6.18 Å². The van der Waals surface area contributed by atoms with E-state index in [2.05, 4.69) is 4.90 Å². The van der Waals surface area contributed by atoms with Crippen molar-refractivity contribution < 1.29 is 18.0 Å². The van der Waals surface area contributed by atoms with E-state index in [0.717, 1.165) is 18.0 Å². The van der Waals surface area contributed by atoms with Crippen LogP contribution in [0.1, 0.15) is 0 Å². The molecular weight excluding hydrogens is 259 g/mol. The van der Waals surface area contributed by atoms with Gasteiger partial charge in [0, 0.05) is 38.8 Å². The predicted octanol–water partition coefficient (Wildman–Crippen LogP) is 0.811. The van der Waals surface area contributed by atoms with Crippen molar-refractivity contribution >= 4 is 5.91 Å². The van der Waals surface area contributed by atoms with E-state index in [0.29, 0.717) is 13.1 Å². The van der Waals surface area contributed by atoms with E-state index < -0.39 is 12.7 Å². The fraction of sp³-hybridized carbons (Fsp3) is 0.750. The summed E-state index contributed by atoms with van der Waals surface area (Å²) >= 11 is 0. The van der Waals surface area contributed by atoms with Crippen LogP contribution in [-0.4, -0.2) is 80.1 Å². The normalized spacial score (nSPS) is 18.5. The fourth-order valence-corrected chi connectivity index (χ4v) is 1.84. The second kappa shape index (κ2) is 6.91. The first-order valence-electron chi connectivity index (χ1n) is 6.17. The number of hydrogen-bond donors (Lipinski definition) is 0. The molecule has 0 spiro atoms. The van der Waals surface area contributed by atoms with Crippen molar-refractivity contribution in [1.29, 1.82) is 0 Å². The number of likely N-dealkylation sites (N-methyl/N-ethyl adjacent to an activating group) is 2. The number of hydrogen-bond acceptors (Lipinski definition) is 3. The minimum absolute atomic E-state index is 0.110. The van der Waals surface area contributed by atoms with E-state index in [4.69, 9.17) is 0 Å². The molecule has 110 valence electrons. The Bertz CT molecular complexity index is 323. The summed E-state index contributed by atoms with van der Waals surface area (Å²) < 4.78 is 36.2. The standard InChI is InChI=1S/C12H20F3N3O/c1-16-6-8-18(9-7-16)11(19)4-3-5-17(2)10-12(13,14)15/h3-4H,5-10H2,1-2H3/b4-3+. The van der Waals surface area contributed by atoms with Crippen LogP contribution >= 0.6 is 0 Å². The number of carbonyl (C=O) groups is 1. The van der Waals surface area contributed by atoms with Gasteiger partial charge in [-0.2, -0.15) is 13.2 Å². The van der Waals surface area contributed by atoms with Crippen molar-refractivity contribution in [2.24, 2.45) is 0 Å². The van der Waals surface area contributed by atoms with E-state index in [1.807, 2.05) is 7.05 Å². The lowest BCUT2D eigenvalue weighted by Crippen LogP contribution is -2.46. The Morgan fingerprint density at radius 1 is 1.26 bits per heavy atom. The highest BCUT2D eigenvalue weighted by Crippen LogP contribution is 2.15. The molecule has 1 aliphatic rings. The Labute approximate surface area is 111 Å². The molecule has 0 aromatic carbocycles. The quantitative estimate of drug-likeness (QED) is 0.713. The molecule has 0 atom stereocenters. The Morgan fingerprint density at radius 2 is 1.84 bits per heavy atom. The molecule has 0 saturated carbocycles. The molecule has 19 heavy (non-hydrogen) atoms. The SMILES string of the molecule is CN1CCN(C(=O)/C=C/CN(C)CC(F)(F)F)CC1. The second-order valence-electron chi connectivity index (χ2n) is 4.84. The van der Waals surface area contributed by atoms with Gasteiger partial charge in [0.15, 0.2) is 0 Å². The zero-order valence-corrected chi connectivity index (χ0v) is 11.3. The summed E-state index contributed by atoms with van der Waals surface area (Å²) in [5, 5.41) is 0. The fourth-order valence-electron chi connectivity index (χ4n) is 1.84. The summed E-state index contributed by atoms with van der Waals surface area (Å²) in [4.78, 5) is 16.7. The molecule has 1 amide bonds. The molecular formula is C12H20F3N3O. The van der Waals surface area contributed by atoms with Crippen LogP contribution in [-0.2, 0) is 4.79 Å². The minimum Gasteiger partial charge on any atom is -0.337 e. The molecule has 1 saturated heterocycles. The van der Waals surface area contributed by atoms with E-state index in [9.17, 15) is 18.0 Å². The van der Waals surface area contributed by atoms with Gasteiger partial charge in [-0.3, -0.25) is 9.69 Å². The number of nitrogens with zero attached hydrogens (tertiary/aromatic N) is 3. The van der Waals surface area contributed by atoms with E-state index in [1.54, 1.807) is 4.90 Å². The van der Waals surface area contributed by atoms with Crippen molar-refractivity contribution in [3.63, 3.8) is 0 Å². The Morgan fingerprint density at radius 3 is 2.37 bits per heavy atom. The zero-order valence-electron chi connectivity index (χ0n) is 11.3. The maximum Gasteiger partial charge on any atom is 0.401 e. The topological polar surface area (TPSA) is 26.8 Å². The third-order valence-corrected chi connectivity index (χ3v) is 2.94. The Hall–Kier alpha value is -1.08.